The Morgan fingerprint density at radius 1 is 1.14 bits per heavy atom. The van der Waals surface area contributed by atoms with Crippen molar-refractivity contribution < 1.29 is 14.4 Å². The molecule has 1 heterocycles. The highest BCUT2D eigenvalue weighted by atomic mass is 16.2. The van der Waals surface area contributed by atoms with Gasteiger partial charge < -0.3 is 10.6 Å². The predicted molar refractivity (Wildman–Crippen MR) is 111 cm³/mol. The first-order valence-electron chi connectivity index (χ1n) is 9.60. The summed E-state index contributed by atoms with van der Waals surface area (Å²) in [6, 6.07) is 7.79. The molecule has 1 saturated heterocycles. The highest BCUT2D eigenvalue weighted by Crippen LogP contribution is 2.23. The van der Waals surface area contributed by atoms with Crippen LogP contribution in [0.1, 0.15) is 42.6 Å². The van der Waals surface area contributed by atoms with E-state index in [4.69, 9.17) is 5.73 Å². The van der Waals surface area contributed by atoms with Crippen LogP contribution in [-0.2, 0) is 16.0 Å². The van der Waals surface area contributed by atoms with E-state index in [1.165, 1.54) is 17.7 Å². The molecule has 5 nitrogen and oxygen atoms in total. The van der Waals surface area contributed by atoms with E-state index in [0.29, 0.717) is 31.5 Å². The standard InChI is InChI=1S/C23H28N2O3/c1-4-17-7-10-19(11-8-17)21(26)20-12-14-25(15-13-20)23(28)16(3)6-9-18(5-2)22(24)27/h5-11,20H,2,4,12-15H2,1,3H3,(H2,24,27)/b16-6+,18-9+. The van der Waals surface area contributed by atoms with Gasteiger partial charge in [0.05, 0.1) is 0 Å². The van der Waals surface area contributed by atoms with Crippen LogP contribution in [0.25, 0.3) is 0 Å². The van der Waals surface area contributed by atoms with Gasteiger partial charge in [0, 0.05) is 35.7 Å². The van der Waals surface area contributed by atoms with Gasteiger partial charge in [-0.25, -0.2) is 0 Å². The molecule has 0 bridgehead atoms. The molecule has 1 aliphatic heterocycles. The van der Waals surface area contributed by atoms with Gasteiger partial charge >= 0.3 is 0 Å². The Morgan fingerprint density at radius 3 is 2.25 bits per heavy atom. The smallest absolute Gasteiger partial charge is 0.249 e. The third-order valence-corrected chi connectivity index (χ3v) is 5.15. The number of nitrogens with zero attached hydrogens (tertiary/aromatic N) is 1. The van der Waals surface area contributed by atoms with Gasteiger partial charge in [-0.3, -0.25) is 14.4 Å². The molecule has 2 amide bonds. The lowest BCUT2D eigenvalue weighted by atomic mass is 9.88. The second kappa shape index (κ2) is 9.83. The molecule has 5 heteroatoms. The van der Waals surface area contributed by atoms with Crippen LogP contribution in [0.3, 0.4) is 0 Å². The van der Waals surface area contributed by atoms with Gasteiger partial charge in [0.1, 0.15) is 0 Å². The number of Topliss-reactive ketones (excluding diaryl/α,β-unsaturated/α-hetero) is 1. The number of allylic oxidation sites excluding steroid dienone is 2. The first kappa shape index (κ1) is 21.4. The van der Waals surface area contributed by atoms with Crippen LogP contribution >= 0.6 is 0 Å². The summed E-state index contributed by atoms with van der Waals surface area (Å²) in [5, 5.41) is 0. The number of aryl methyl sites for hydroxylation is 1. The Balaban J connectivity index is 1.96. The van der Waals surface area contributed by atoms with Crippen molar-refractivity contribution in [1.82, 2.24) is 4.90 Å². The molecule has 0 atom stereocenters. The predicted octanol–water partition coefficient (Wildman–Crippen LogP) is 3.21. The molecule has 0 aromatic heterocycles. The summed E-state index contributed by atoms with van der Waals surface area (Å²) < 4.78 is 0. The molecule has 2 rings (SSSR count). The fraction of sp³-hybridized carbons (Fsp3) is 0.348. The summed E-state index contributed by atoms with van der Waals surface area (Å²) in [5.74, 6) is -0.579. The van der Waals surface area contributed by atoms with Gasteiger partial charge in [0.2, 0.25) is 11.8 Å². The number of ketones is 1. The molecule has 0 spiro atoms. The molecule has 2 N–H and O–H groups in total. The van der Waals surface area contributed by atoms with Crippen LogP contribution < -0.4 is 5.73 Å². The van der Waals surface area contributed by atoms with Gasteiger partial charge in [0.15, 0.2) is 5.78 Å². The zero-order valence-electron chi connectivity index (χ0n) is 16.6. The lowest BCUT2D eigenvalue weighted by molar-refractivity contribution is -0.128. The van der Waals surface area contributed by atoms with Crippen LogP contribution in [0, 0.1) is 5.92 Å². The van der Waals surface area contributed by atoms with Gasteiger partial charge in [0.25, 0.3) is 0 Å². The van der Waals surface area contributed by atoms with Crippen molar-refractivity contribution in [3.63, 3.8) is 0 Å². The highest BCUT2D eigenvalue weighted by molar-refractivity contribution is 5.98. The van der Waals surface area contributed by atoms with E-state index in [-0.39, 0.29) is 23.2 Å². The van der Waals surface area contributed by atoms with Crippen molar-refractivity contribution in [2.75, 3.05) is 13.1 Å². The average molecular weight is 380 g/mol. The number of carbonyl (C=O) groups is 3. The summed E-state index contributed by atoms with van der Waals surface area (Å²) in [5.41, 5.74) is 7.95. The third kappa shape index (κ3) is 5.28. The van der Waals surface area contributed by atoms with Gasteiger partial charge in [-0.1, -0.05) is 49.9 Å². The second-order valence-electron chi connectivity index (χ2n) is 7.02. The number of primary amides is 1. The van der Waals surface area contributed by atoms with Crippen LogP contribution in [0.2, 0.25) is 0 Å². The Morgan fingerprint density at radius 2 is 1.75 bits per heavy atom. The van der Waals surface area contributed by atoms with E-state index in [9.17, 15) is 14.4 Å². The maximum Gasteiger partial charge on any atom is 0.249 e. The molecule has 0 aliphatic carbocycles. The van der Waals surface area contributed by atoms with Crippen LogP contribution in [0.4, 0.5) is 0 Å². The summed E-state index contributed by atoms with van der Waals surface area (Å²) in [6.07, 6.45) is 6.70. The minimum absolute atomic E-state index is 0.0528. The maximum atomic E-state index is 12.7. The zero-order chi connectivity index (χ0) is 20.7. The molecular formula is C23H28N2O3. The molecule has 1 aromatic carbocycles. The normalized spacial score (nSPS) is 16.0. The van der Waals surface area contributed by atoms with E-state index < -0.39 is 5.91 Å². The number of benzene rings is 1. The molecular weight excluding hydrogens is 352 g/mol. The first-order valence-corrected chi connectivity index (χ1v) is 9.60. The number of hydrogen-bond donors (Lipinski definition) is 1. The Hall–Kier alpha value is -2.95. The van der Waals surface area contributed by atoms with Crippen LogP contribution in [0.15, 0.2) is 60.2 Å². The minimum Gasteiger partial charge on any atom is -0.366 e. The quantitative estimate of drug-likeness (QED) is 0.448. The first-order chi connectivity index (χ1) is 13.4. The van der Waals surface area contributed by atoms with Crippen molar-refractivity contribution in [3.8, 4) is 0 Å². The third-order valence-electron chi connectivity index (χ3n) is 5.15. The molecule has 1 aliphatic rings. The van der Waals surface area contributed by atoms with Gasteiger partial charge in [-0.15, -0.1) is 0 Å². The maximum absolute atomic E-state index is 12.7. The summed E-state index contributed by atoms with van der Waals surface area (Å²) in [7, 11) is 0. The summed E-state index contributed by atoms with van der Waals surface area (Å²) >= 11 is 0. The molecule has 148 valence electrons. The fourth-order valence-corrected chi connectivity index (χ4v) is 3.27. The zero-order valence-corrected chi connectivity index (χ0v) is 16.6. The number of carbonyl (C=O) groups excluding carboxylic acids is 3. The number of amides is 2. The monoisotopic (exact) mass is 380 g/mol. The molecule has 1 fully saturated rings. The molecule has 28 heavy (non-hydrogen) atoms. The Bertz CT molecular complexity index is 811. The van der Waals surface area contributed by atoms with Crippen molar-refractivity contribution in [2.24, 2.45) is 11.7 Å². The number of rotatable bonds is 7. The van der Waals surface area contributed by atoms with Crippen molar-refractivity contribution in [1.29, 1.82) is 0 Å². The van der Waals surface area contributed by atoms with Crippen molar-refractivity contribution in [2.45, 2.75) is 33.1 Å². The van der Waals surface area contributed by atoms with Crippen LogP contribution in [0.5, 0.6) is 0 Å². The van der Waals surface area contributed by atoms with Gasteiger partial charge in [-0.2, -0.15) is 0 Å². The number of piperidine rings is 1. The van der Waals surface area contributed by atoms with Crippen molar-refractivity contribution >= 4 is 17.6 Å². The summed E-state index contributed by atoms with van der Waals surface area (Å²) in [6.45, 7) is 8.40. The Labute approximate surface area is 166 Å². The minimum atomic E-state index is -0.585. The lowest BCUT2D eigenvalue weighted by Gasteiger charge is -2.31. The average Bonchev–Trinajstić information content (AvgIpc) is 2.73. The number of hydrogen-bond acceptors (Lipinski definition) is 3. The van der Waals surface area contributed by atoms with E-state index >= 15 is 0 Å². The van der Waals surface area contributed by atoms with E-state index in [1.54, 1.807) is 17.9 Å². The summed E-state index contributed by atoms with van der Waals surface area (Å²) in [4.78, 5) is 38.2. The van der Waals surface area contributed by atoms with E-state index in [2.05, 4.69) is 13.5 Å². The fourth-order valence-electron chi connectivity index (χ4n) is 3.27. The lowest BCUT2D eigenvalue weighted by Crippen LogP contribution is -2.40. The molecule has 1 aromatic rings. The topological polar surface area (TPSA) is 80.5 Å². The van der Waals surface area contributed by atoms with Crippen molar-refractivity contribution in [3.05, 3.63) is 71.3 Å². The number of likely N-dealkylation sites (tertiary alicyclic amines) is 1. The molecule has 0 saturated carbocycles. The Kier molecular flexibility index (Phi) is 7.50. The SMILES string of the molecule is C=C/C(=C\C=C(/C)C(=O)N1CCC(C(=O)c2ccc(CC)cc2)CC1)C(N)=O. The second-order valence-corrected chi connectivity index (χ2v) is 7.02. The van der Waals surface area contributed by atoms with E-state index in [1.807, 2.05) is 24.3 Å². The number of nitrogens with two attached hydrogens (primary N) is 1. The molecule has 0 unspecified atom stereocenters. The van der Waals surface area contributed by atoms with Gasteiger partial charge in [-0.05, 0) is 37.8 Å². The molecule has 0 radical (unpaired) electrons. The largest absolute Gasteiger partial charge is 0.366 e. The highest BCUT2D eigenvalue weighted by Gasteiger charge is 2.28. The van der Waals surface area contributed by atoms with Crippen LogP contribution in [-0.4, -0.2) is 35.6 Å². The van der Waals surface area contributed by atoms with E-state index in [0.717, 1.165) is 12.0 Å².